The van der Waals surface area contributed by atoms with Crippen molar-refractivity contribution in [1.82, 2.24) is 4.90 Å². The molecule has 28 heavy (non-hydrogen) atoms. The minimum Gasteiger partial charge on any atom is -0.508 e. The number of nitrogens with zero attached hydrogens (tertiary/aromatic N) is 1. The van der Waals surface area contributed by atoms with E-state index in [4.69, 9.17) is 4.74 Å². The first kappa shape index (κ1) is 19.8. The summed E-state index contributed by atoms with van der Waals surface area (Å²) >= 11 is 0. The highest BCUT2D eigenvalue weighted by Crippen LogP contribution is 2.70. The van der Waals surface area contributed by atoms with E-state index in [2.05, 4.69) is 45.7 Å². The van der Waals surface area contributed by atoms with Crippen molar-refractivity contribution < 1.29 is 14.6 Å². The zero-order chi connectivity index (χ0) is 20.5. The number of fused-ring (bicyclic) bond motifs is 1. The number of phenolic OH excluding ortho intramolecular Hbond substituents is 1. The average Bonchev–Trinajstić information content (AvgIpc) is 2.64. The third kappa shape index (κ3) is 2.26. The van der Waals surface area contributed by atoms with Crippen molar-refractivity contribution >= 4 is 13.1 Å². The van der Waals surface area contributed by atoms with Gasteiger partial charge in [0.15, 0.2) is 0 Å². The number of carbonyl (C=O) groups is 1. The molecule has 2 bridgehead atoms. The Hall–Kier alpha value is -1.49. The molecular formula is C23H33BNO3. The van der Waals surface area contributed by atoms with Crippen LogP contribution < -0.4 is 0 Å². The van der Waals surface area contributed by atoms with E-state index in [9.17, 15) is 9.90 Å². The van der Waals surface area contributed by atoms with Gasteiger partial charge in [0, 0.05) is 16.9 Å². The van der Waals surface area contributed by atoms with Gasteiger partial charge in [-0.15, -0.1) is 0 Å². The molecule has 151 valence electrons. The van der Waals surface area contributed by atoms with Gasteiger partial charge < -0.3 is 14.7 Å². The SMILES string of the molecule is C[B]C(=O)OC1CCC2(C)[C@@H]3Cc4ccc(O)c(C)c4[C@@]2(CCN3C)C1(C)C. The lowest BCUT2D eigenvalue weighted by molar-refractivity contribution is -0.177. The van der Waals surface area contributed by atoms with Crippen LogP contribution in [0.4, 0.5) is 4.79 Å². The van der Waals surface area contributed by atoms with Crippen molar-refractivity contribution in [3.8, 4) is 5.75 Å². The predicted molar refractivity (Wildman–Crippen MR) is 112 cm³/mol. The molecule has 3 aliphatic rings. The summed E-state index contributed by atoms with van der Waals surface area (Å²) < 4.78 is 5.98. The number of carbonyl (C=O) groups excluding carboxylic acids is 1. The first-order chi connectivity index (χ1) is 13.1. The van der Waals surface area contributed by atoms with Gasteiger partial charge in [-0.1, -0.05) is 33.7 Å². The lowest BCUT2D eigenvalue weighted by Crippen LogP contribution is -2.73. The summed E-state index contributed by atoms with van der Waals surface area (Å²) in [6, 6.07) is 4.44. The fourth-order valence-corrected chi connectivity index (χ4v) is 7.32. The van der Waals surface area contributed by atoms with Gasteiger partial charge >= 0.3 is 0 Å². The van der Waals surface area contributed by atoms with E-state index in [-0.39, 0.29) is 28.2 Å². The van der Waals surface area contributed by atoms with E-state index >= 15 is 0 Å². The fourth-order valence-electron chi connectivity index (χ4n) is 7.32. The molecule has 1 aromatic rings. The number of likely N-dealkylation sites (tertiary alicyclic amines) is 1. The Morgan fingerprint density at radius 3 is 2.68 bits per heavy atom. The predicted octanol–water partition coefficient (Wildman–Crippen LogP) is 4.28. The Kier molecular flexibility index (Phi) is 4.43. The molecule has 2 unspecified atom stereocenters. The summed E-state index contributed by atoms with van der Waals surface area (Å²) in [5, 5.41) is 10.6. The van der Waals surface area contributed by atoms with Gasteiger partial charge in [-0.05, 0) is 74.4 Å². The summed E-state index contributed by atoms with van der Waals surface area (Å²) in [7, 11) is 3.77. The lowest BCUT2D eigenvalue weighted by Gasteiger charge is -2.71. The van der Waals surface area contributed by atoms with Crippen LogP contribution in [0.15, 0.2) is 12.1 Å². The zero-order valence-electron chi connectivity index (χ0n) is 18.1. The molecule has 1 aromatic carbocycles. The number of benzene rings is 1. The van der Waals surface area contributed by atoms with Gasteiger partial charge in [0.25, 0.3) is 7.28 Å². The smallest absolute Gasteiger partial charge is 0.257 e. The Balaban J connectivity index is 1.98. The van der Waals surface area contributed by atoms with Gasteiger partial charge in [0.05, 0.1) is 0 Å². The summed E-state index contributed by atoms with van der Waals surface area (Å²) in [6.07, 6.45) is 3.84. The van der Waals surface area contributed by atoms with E-state index in [0.29, 0.717) is 11.8 Å². The van der Waals surface area contributed by atoms with Gasteiger partial charge in [0.1, 0.15) is 11.9 Å². The number of hydrogen-bond donors (Lipinski definition) is 1. The van der Waals surface area contributed by atoms with Crippen LogP contribution >= 0.6 is 0 Å². The van der Waals surface area contributed by atoms with E-state index < -0.39 is 0 Å². The zero-order valence-corrected chi connectivity index (χ0v) is 18.1. The number of likely N-dealkylation sites (N-methyl/N-ethyl adjacent to an activating group) is 1. The second-order valence-corrected chi connectivity index (χ2v) is 9.99. The van der Waals surface area contributed by atoms with E-state index in [0.717, 1.165) is 37.8 Å². The summed E-state index contributed by atoms with van der Waals surface area (Å²) in [5.41, 5.74) is 3.40. The van der Waals surface area contributed by atoms with Crippen LogP contribution in [0.25, 0.3) is 0 Å². The standard InChI is InChI=1S/C23H33BNO3/c1-14-16(26)8-7-15-13-17-22(4)10-9-18(28-20(27)24-5)21(2,3)23(22,19(14)15)11-12-25(17)6/h7-8,17-18,26H,9-13H2,1-6H3/t17-,18?,22?,23-/m0/s1. The molecule has 1 saturated carbocycles. The van der Waals surface area contributed by atoms with Crippen molar-refractivity contribution in [2.24, 2.45) is 10.8 Å². The Labute approximate surface area is 169 Å². The maximum atomic E-state index is 12.2. The quantitative estimate of drug-likeness (QED) is 0.776. The van der Waals surface area contributed by atoms with Gasteiger partial charge in [-0.2, -0.15) is 0 Å². The number of aromatic hydroxyl groups is 1. The third-order valence-corrected chi connectivity index (χ3v) is 8.77. The molecule has 4 nitrogen and oxygen atoms in total. The second-order valence-electron chi connectivity index (χ2n) is 9.99. The van der Waals surface area contributed by atoms with E-state index in [1.807, 2.05) is 6.07 Å². The Morgan fingerprint density at radius 2 is 2.00 bits per heavy atom. The summed E-state index contributed by atoms with van der Waals surface area (Å²) in [4.78, 5) is 14.7. The molecule has 1 saturated heterocycles. The summed E-state index contributed by atoms with van der Waals surface area (Å²) in [5.74, 6) is 0.149. The molecule has 4 rings (SSSR count). The van der Waals surface area contributed by atoms with Crippen LogP contribution in [0.2, 0.25) is 6.82 Å². The molecule has 2 aliphatic carbocycles. The molecule has 1 heterocycles. The average molecular weight is 382 g/mol. The van der Waals surface area contributed by atoms with Gasteiger partial charge in [0.2, 0.25) is 5.87 Å². The molecule has 4 atom stereocenters. The summed E-state index contributed by atoms with van der Waals surface area (Å²) in [6.45, 7) is 11.9. The first-order valence-electron chi connectivity index (χ1n) is 10.6. The minimum atomic E-state index is -0.230. The van der Waals surface area contributed by atoms with Crippen molar-refractivity contribution in [1.29, 1.82) is 0 Å². The van der Waals surface area contributed by atoms with Gasteiger partial charge in [-0.3, -0.25) is 4.79 Å². The molecule has 1 aliphatic heterocycles. The van der Waals surface area contributed by atoms with Crippen molar-refractivity contribution in [2.45, 2.75) is 77.8 Å². The fraction of sp³-hybridized carbons (Fsp3) is 0.696. The van der Waals surface area contributed by atoms with Crippen LogP contribution in [-0.2, 0) is 16.6 Å². The molecule has 1 radical (unpaired) electrons. The third-order valence-electron chi connectivity index (χ3n) is 8.77. The Bertz CT molecular complexity index is 822. The molecule has 5 heteroatoms. The maximum Gasteiger partial charge on any atom is 0.257 e. The van der Waals surface area contributed by atoms with Crippen molar-refractivity contribution in [2.75, 3.05) is 13.6 Å². The first-order valence-corrected chi connectivity index (χ1v) is 10.6. The lowest BCUT2D eigenvalue weighted by atomic mass is 9.36. The van der Waals surface area contributed by atoms with Crippen molar-refractivity contribution in [3.63, 3.8) is 0 Å². The highest BCUT2D eigenvalue weighted by Gasteiger charge is 2.70. The largest absolute Gasteiger partial charge is 0.508 e. The van der Waals surface area contributed by atoms with Crippen LogP contribution in [0.3, 0.4) is 0 Å². The van der Waals surface area contributed by atoms with Crippen LogP contribution in [0, 0.1) is 17.8 Å². The second kappa shape index (κ2) is 6.25. The van der Waals surface area contributed by atoms with Crippen LogP contribution in [0.1, 0.15) is 56.7 Å². The number of piperidine rings is 1. The molecule has 0 amide bonds. The molecular weight excluding hydrogens is 349 g/mol. The number of hydrogen-bond acceptors (Lipinski definition) is 4. The van der Waals surface area contributed by atoms with Crippen LogP contribution in [0.5, 0.6) is 5.75 Å². The topological polar surface area (TPSA) is 49.8 Å². The number of phenols is 1. The van der Waals surface area contributed by atoms with E-state index in [1.165, 1.54) is 18.4 Å². The molecule has 1 N–H and O–H groups in total. The van der Waals surface area contributed by atoms with Crippen LogP contribution in [-0.4, -0.2) is 48.9 Å². The van der Waals surface area contributed by atoms with Gasteiger partial charge in [-0.25, -0.2) is 0 Å². The number of ether oxygens (including phenoxy) is 1. The Morgan fingerprint density at radius 1 is 1.29 bits per heavy atom. The molecule has 2 fully saturated rings. The van der Waals surface area contributed by atoms with Crippen molar-refractivity contribution in [3.05, 3.63) is 28.8 Å². The highest BCUT2D eigenvalue weighted by molar-refractivity contribution is 6.70. The maximum absolute atomic E-state index is 12.2. The highest BCUT2D eigenvalue weighted by atomic mass is 16.5. The number of rotatable bonds is 2. The van der Waals surface area contributed by atoms with E-state index in [1.54, 1.807) is 6.82 Å². The monoisotopic (exact) mass is 382 g/mol. The molecule has 0 spiro atoms. The molecule has 0 aromatic heterocycles. The minimum absolute atomic E-state index is 0.0773. The normalized spacial score (nSPS) is 36.2.